The van der Waals surface area contributed by atoms with Crippen LogP contribution in [0.3, 0.4) is 0 Å². The minimum atomic E-state index is -0.281. The normalized spacial score (nSPS) is 11.0. The predicted octanol–water partition coefficient (Wildman–Crippen LogP) is 6.11. The molecular weight excluding hydrogens is 380 g/mol. The largest absolute Gasteiger partial charge is 0.391 e. The lowest BCUT2D eigenvalue weighted by atomic mass is 10.0. The molecule has 7 heteroatoms. The molecule has 3 rings (SSSR count). The Hall–Kier alpha value is -1.23. The van der Waals surface area contributed by atoms with Crippen molar-refractivity contribution in [2.45, 2.75) is 6.61 Å². The van der Waals surface area contributed by atoms with Gasteiger partial charge in [0.25, 0.3) is 0 Å². The Labute approximate surface area is 152 Å². The Balaban J connectivity index is 2.17. The molecule has 3 aromatic rings. The Kier molecular flexibility index (Phi) is 4.85. The van der Waals surface area contributed by atoms with Crippen molar-refractivity contribution in [1.29, 1.82) is 0 Å². The van der Waals surface area contributed by atoms with Crippen LogP contribution >= 0.6 is 46.4 Å². The van der Waals surface area contributed by atoms with E-state index in [1.165, 1.54) is 0 Å². The second-order valence-electron chi connectivity index (χ2n) is 4.73. The van der Waals surface area contributed by atoms with Crippen molar-refractivity contribution in [2.75, 3.05) is 0 Å². The summed E-state index contributed by atoms with van der Waals surface area (Å²) in [4.78, 5) is 0. The fourth-order valence-corrected chi connectivity index (χ4v) is 2.90. The van der Waals surface area contributed by atoms with E-state index in [1.807, 2.05) is 0 Å². The third-order valence-corrected chi connectivity index (χ3v) is 4.89. The van der Waals surface area contributed by atoms with Gasteiger partial charge in [-0.05, 0) is 24.3 Å². The first kappa shape index (κ1) is 16.6. The van der Waals surface area contributed by atoms with E-state index in [4.69, 9.17) is 50.9 Å². The molecule has 0 aliphatic heterocycles. The lowest BCUT2D eigenvalue weighted by molar-refractivity contribution is 0.281. The molecule has 1 N–H and O–H groups in total. The van der Waals surface area contributed by atoms with Crippen molar-refractivity contribution < 1.29 is 9.63 Å². The smallest absolute Gasteiger partial charge is 0.174 e. The van der Waals surface area contributed by atoms with Gasteiger partial charge in [-0.1, -0.05) is 63.7 Å². The van der Waals surface area contributed by atoms with Crippen LogP contribution < -0.4 is 0 Å². The molecule has 0 radical (unpaired) electrons. The van der Waals surface area contributed by atoms with Crippen molar-refractivity contribution in [1.82, 2.24) is 5.16 Å². The van der Waals surface area contributed by atoms with Gasteiger partial charge in [0.05, 0.1) is 32.3 Å². The molecule has 118 valence electrons. The SMILES string of the molecule is OCc1c(-c2ccc(Cl)c(Cl)c2)noc1-c1cccc(Cl)c1Cl. The Morgan fingerprint density at radius 1 is 0.957 bits per heavy atom. The van der Waals surface area contributed by atoms with Crippen LogP contribution in [0.5, 0.6) is 0 Å². The molecule has 1 aromatic heterocycles. The monoisotopic (exact) mass is 387 g/mol. The van der Waals surface area contributed by atoms with Gasteiger partial charge in [-0.25, -0.2) is 0 Å². The average molecular weight is 389 g/mol. The van der Waals surface area contributed by atoms with E-state index < -0.39 is 0 Å². The van der Waals surface area contributed by atoms with Crippen LogP contribution in [-0.4, -0.2) is 10.3 Å². The highest BCUT2D eigenvalue weighted by molar-refractivity contribution is 6.43. The third kappa shape index (κ3) is 3.08. The maximum Gasteiger partial charge on any atom is 0.174 e. The highest BCUT2D eigenvalue weighted by atomic mass is 35.5. The Morgan fingerprint density at radius 3 is 2.43 bits per heavy atom. The maximum absolute atomic E-state index is 9.76. The van der Waals surface area contributed by atoms with Crippen molar-refractivity contribution in [3.8, 4) is 22.6 Å². The highest BCUT2D eigenvalue weighted by Gasteiger charge is 2.21. The first-order valence-corrected chi connectivity index (χ1v) is 8.03. The molecule has 2 aromatic carbocycles. The van der Waals surface area contributed by atoms with E-state index in [2.05, 4.69) is 5.16 Å². The molecule has 0 aliphatic carbocycles. The fraction of sp³-hybridized carbons (Fsp3) is 0.0625. The summed E-state index contributed by atoms with van der Waals surface area (Å²) in [5.41, 5.74) is 2.20. The number of aliphatic hydroxyl groups excluding tert-OH is 1. The molecule has 0 spiro atoms. The molecule has 0 saturated carbocycles. The van der Waals surface area contributed by atoms with Crippen molar-refractivity contribution in [3.05, 3.63) is 62.1 Å². The molecule has 0 aliphatic rings. The van der Waals surface area contributed by atoms with Crippen LogP contribution in [0.15, 0.2) is 40.9 Å². The van der Waals surface area contributed by atoms with Gasteiger partial charge in [0, 0.05) is 11.1 Å². The number of benzene rings is 2. The number of rotatable bonds is 3. The summed E-state index contributed by atoms with van der Waals surface area (Å²) in [5.74, 6) is 0.362. The van der Waals surface area contributed by atoms with Gasteiger partial charge >= 0.3 is 0 Å². The summed E-state index contributed by atoms with van der Waals surface area (Å²) in [6.45, 7) is -0.281. The Bertz CT molecular complexity index is 877. The number of hydrogen-bond donors (Lipinski definition) is 1. The first-order chi connectivity index (χ1) is 11.0. The number of aliphatic hydroxyl groups is 1. The zero-order valence-corrected chi connectivity index (χ0v) is 14.5. The van der Waals surface area contributed by atoms with E-state index in [9.17, 15) is 5.11 Å². The lowest BCUT2D eigenvalue weighted by Crippen LogP contribution is -1.90. The van der Waals surface area contributed by atoms with Gasteiger partial charge in [-0.15, -0.1) is 0 Å². The van der Waals surface area contributed by atoms with Gasteiger partial charge in [0.2, 0.25) is 0 Å². The zero-order chi connectivity index (χ0) is 16.6. The van der Waals surface area contributed by atoms with E-state index in [1.54, 1.807) is 36.4 Å². The number of hydrogen-bond acceptors (Lipinski definition) is 3. The van der Waals surface area contributed by atoms with E-state index in [0.717, 1.165) is 0 Å². The average Bonchev–Trinajstić information content (AvgIpc) is 2.96. The first-order valence-electron chi connectivity index (χ1n) is 6.52. The highest BCUT2D eigenvalue weighted by Crippen LogP contribution is 2.39. The van der Waals surface area contributed by atoms with Gasteiger partial charge < -0.3 is 9.63 Å². The van der Waals surface area contributed by atoms with Crippen molar-refractivity contribution in [2.24, 2.45) is 0 Å². The summed E-state index contributed by atoms with van der Waals surface area (Å²) in [7, 11) is 0. The molecule has 23 heavy (non-hydrogen) atoms. The summed E-state index contributed by atoms with van der Waals surface area (Å²) in [6.07, 6.45) is 0. The van der Waals surface area contributed by atoms with E-state index in [0.29, 0.717) is 48.2 Å². The molecular formula is C16H9Cl4NO2. The van der Waals surface area contributed by atoms with Crippen LogP contribution in [0.25, 0.3) is 22.6 Å². The number of halogens is 4. The second kappa shape index (κ2) is 6.71. The van der Waals surface area contributed by atoms with Crippen LogP contribution in [0.2, 0.25) is 20.1 Å². The van der Waals surface area contributed by atoms with Crippen molar-refractivity contribution in [3.63, 3.8) is 0 Å². The standard InChI is InChI=1S/C16H9Cl4NO2/c17-11-5-4-8(6-13(11)19)15-10(7-22)16(23-21-15)9-2-1-3-12(18)14(9)20/h1-6,22H,7H2. The molecule has 0 fully saturated rings. The van der Waals surface area contributed by atoms with E-state index >= 15 is 0 Å². The Morgan fingerprint density at radius 2 is 1.74 bits per heavy atom. The van der Waals surface area contributed by atoms with Crippen LogP contribution in [0.1, 0.15) is 5.56 Å². The molecule has 0 unspecified atom stereocenters. The summed E-state index contributed by atoms with van der Waals surface area (Å²) in [5, 5.41) is 15.3. The molecule has 0 saturated heterocycles. The summed E-state index contributed by atoms with van der Waals surface area (Å²) < 4.78 is 5.40. The molecule has 0 bridgehead atoms. The molecule has 3 nitrogen and oxygen atoms in total. The van der Waals surface area contributed by atoms with Crippen LogP contribution in [-0.2, 0) is 6.61 Å². The quantitative estimate of drug-likeness (QED) is 0.588. The molecule has 0 amide bonds. The fourth-order valence-electron chi connectivity index (χ4n) is 2.22. The lowest BCUT2D eigenvalue weighted by Gasteiger charge is -2.05. The second-order valence-corrected chi connectivity index (χ2v) is 6.33. The van der Waals surface area contributed by atoms with Gasteiger partial charge in [-0.2, -0.15) is 0 Å². The van der Waals surface area contributed by atoms with Gasteiger partial charge in [-0.3, -0.25) is 0 Å². The van der Waals surface area contributed by atoms with Crippen LogP contribution in [0.4, 0.5) is 0 Å². The zero-order valence-electron chi connectivity index (χ0n) is 11.5. The van der Waals surface area contributed by atoms with Gasteiger partial charge in [0.1, 0.15) is 5.69 Å². The van der Waals surface area contributed by atoms with E-state index in [-0.39, 0.29) is 6.61 Å². The number of nitrogens with zero attached hydrogens (tertiary/aromatic N) is 1. The third-order valence-electron chi connectivity index (χ3n) is 3.34. The minimum absolute atomic E-state index is 0.281. The topological polar surface area (TPSA) is 46.3 Å². The predicted molar refractivity (Wildman–Crippen MR) is 93.3 cm³/mol. The van der Waals surface area contributed by atoms with Crippen LogP contribution in [0, 0.1) is 0 Å². The van der Waals surface area contributed by atoms with Gasteiger partial charge in [0.15, 0.2) is 5.76 Å². The summed E-state index contributed by atoms with van der Waals surface area (Å²) >= 11 is 24.2. The minimum Gasteiger partial charge on any atom is -0.391 e. The number of aromatic nitrogens is 1. The van der Waals surface area contributed by atoms with Crippen molar-refractivity contribution >= 4 is 46.4 Å². The maximum atomic E-state index is 9.76. The summed E-state index contributed by atoms with van der Waals surface area (Å²) in [6, 6.07) is 10.2. The molecule has 1 heterocycles. The molecule has 0 atom stereocenters.